The summed E-state index contributed by atoms with van der Waals surface area (Å²) in [6.07, 6.45) is 2.57. The quantitative estimate of drug-likeness (QED) is 0.0203. The monoisotopic (exact) mass is 1410 g/mol. The first-order chi connectivity index (χ1) is 49.2. The van der Waals surface area contributed by atoms with Crippen molar-refractivity contribution in [1.29, 1.82) is 0 Å². The summed E-state index contributed by atoms with van der Waals surface area (Å²) in [6, 6.07) is 30.8. The van der Waals surface area contributed by atoms with E-state index in [1.807, 2.05) is 6.92 Å². The lowest BCUT2D eigenvalue weighted by Gasteiger charge is -2.33. The van der Waals surface area contributed by atoms with E-state index >= 15 is 0 Å². The summed E-state index contributed by atoms with van der Waals surface area (Å²) < 4.78 is 55.7. The zero-order chi connectivity index (χ0) is 72.7. The summed E-state index contributed by atoms with van der Waals surface area (Å²) in [5.74, 6) is 2.05. The van der Waals surface area contributed by atoms with Crippen molar-refractivity contribution in [2.45, 2.75) is 110 Å². The van der Waals surface area contributed by atoms with Gasteiger partial charge in [0.2, 0.25) is 0 Å². The molecule has 0 radical (unpaired) electrons. The van der Waals surface area contributed by atoms with Crippen molar-refractivity contribution in [3.05, 3.63) is 178 Å². The molecule has 0 aliphatic heterocycles. The number of aromatic nitrogens is 9. The lowest BCUT2D eigenvalue weighted by Crippen LogP contribution is -2.40. The third-order valence-corrected chi connectivity index (χ3v) is 16.9. The van der Waals surface area contributed by atoms with Gasteiger partial charge in [-0.3, -0.25) is 14.7 Å². The average Bonchev–Trinajstić information content (AvgIpc) is 1.42. The summed E-state index contributed by atoms with van der Waals surface area (Å²) in [6.45, 7) is 5.36. The van der Waals surface area contributed by atoms with Gasteiger partial charge in [0, 0.05) is 82.9 Å². The van der Waals surface area contributed by atoms with Crippen LogP contribution in [0.1, 0.15) is 63.8 Å². The van der Waals surface area contributed by atoms with E-state index in [1.54, 1.807) is 128 Å². The Morgan fingerprint density at radius 1 is 0.343 bits per heavy atom. The van der Waals surface area contributed by atoms with E-state index in [2.05, 4.69) is 45.6 Å². The normalized spacial score (nSPS) is 13.1. The van der Waals surface area contributed by atoms with E-state index < -0.39 is 23.7 Å². The summed E-state index contributed by atoms with van der Waals surface area (Å²) in [4.78, 5) is 6.29. The molecule has 102 heavy (non-hydrogen) atoms. The maximum absolute atomic E-state index is 11.5. The van der Waals surface area contributed by atoms with Gasteiger partial charge >= 0.3 is 0 Å². The van der Waals surface area contributed by atoms with Crippen LogP contribution in [0, 0.1) is 5.41 Å². The molecule has 0 amide bonds. The lowest BCUT2D eigenvalue weighted by atomic mass is 9.88. The Kier molecular flexibility index (Phi) is 27.7. The molecule has 30 nitrogen and oxygen atoms in total. The zero-order valence-corrected chi connectivity index (χ0v) is 58.4. The number of phenolic OH excluding ortho intramolecular Hbond substituents is 6. The molecule has 6 aromatic carbocycles. The minimum absolute atomic E-state index is 0.0120. The Balaban J connectivity index is 0.841. The molecule has 9 N–H and O–H groups in total. The van der Waals surface area contributed by atoms with Crippen molar-refractivity contribution < 1.29 is 88.6 Å². The van der Waals surface area contributed by atoms with Gasteiger partial charge in [0.15, 0.2) is 69.0 Å². The van der Waals surface area contributed by atoms with Crippen LogP contribution in [0.3, 0.4) is 0 Å². The minimum atomic E-state index is -1.04. The second-order valence-corrected chi connectivity index (χ2v) is 25.1. The van der Waals surface area contributed by atoms with Crippen molar-refractivity contribution in [3.8, 4) is 69.0 Å². The highest BCUT2D eigenvalue weighted by atomic mass is 16.5. The van der Waals surface area contributed by atoms with Crippen LogP contribution >= 0.6 is 0 Å². The zero-order valence-electron chi connectivity index (χ0n) is 58.4. The first-order valence-corrected chi connectivity index (χ1v) is 33.0. The number of phenols is 6. The lowest BCUT2D eigenvalue weighted by molar-refractivity contribution is -0.103. The van der Waals surface area contributed by atoms with Crippen LogP contribution < -0.4 is 28.4 Å². The Morgan fingerprint density at radius 2 is 0.559 bits per heavy atom. The van der Waals surface area contributed by atoms with Gasteiger partial charge in [0.1, 0.15) is 0 Å². The topological polar surface area (TPSA) is 367 Å². The second kappa shape index (κ2) is 37.1. The Labute approximate surface area is 591 Å². The van der Waals surface area contributed by atoms with Gasteiger partial charge in [-0.25, -0.2) is 14.0 Å². The van der Waals surface area contributed by atoms with Gasteiger partial charge in [-0.2, -0.15) is 0 Å². The molecule has 548 valence electrons. The summed E-state index contributed by atoms with van der Waals surface area (Å²) in [7, 11) is 8.90. The number of aliphatic hydroxyl groups is 3. The van der Waals surface area contributed by atoms with Gasteiger partial charge in [0.05, 0.1) is 137 Å². The molecular weight excluding hydrogens is 1320 g/mol. The molecule has 0 bridgehead atoms. The van der Waals surface area contributed by atoms with E-state index in [-0.39, 0.29) is 93.8 Å². The Hall–Kier alpha value is -10.0. The molecule has 0 fully saturated rings. The van der Waals surface area contributed by atoms with Crippen molar-refractivity contribution in [2.24, 2.45) is 5.41 Å². The molecular formula is C72H92N12O18. The largest absolute Gasteiger partial charge is 0.504 e. The maximum atomic E-state index is 11.5. The first-order valence-electron chi connectivity index (χ1n) is 33.0. The molecule has 0 spiro atoms. The van der Waals surface area contributed by atoms with Crippen LogP contribution in [0.5, 0.6) is 69.0 Å². The van der Waals surface area contributed by atoms with Crippen LogP contribution in [0.15, 0.2) is 128 Å². The highest BCUT2D eigenvalue weighted by Gasteiger charge is 2.32. The molecule has 3 atom stereocenters. The van der Waals surface area contributed by atoms with E-state index in [4.69, 9.17) is 42.6 Å². The number of nitrogens with zero attached hydrogens (tertiary/aromatic N) is 12. The minimum Gasteiger partial charge on any atom is -0.504 e. The number of hydrogen-bond acceptors (Lipinski definition) is 27. The average molecular weight is 1410 g/mol. The number of aliphatic hydroxyl groups excluding tert-OH is 3. The molecule has 30 heteroatoms. The number of rotatable bonds is 43. The Morgan fingerprint density at radius 3 is 0.755 bits per heavy atom. The summed E-state index contributed by atoms with van der Waals surface area (Å²) >= 11 is 0. The Bertz CT molecular complexity index is 3530. The van der Waals surface area contributed by atoms with Gasteiger partial charge in [-0.1, -0.05) is 59.0 Å². The fraction of sp³-hybridized carbons (Fsp3) is 0.417. The smallest absolute Gasteiger partial charge is 0.160 e. The second-order valence-electron chi connectivity index (χ2n) is 25.1. The van der Waals surface area contributed by atoms with Crippen molar-refractivity contribution in [1.82, 2.24) is 59.7 Å². The molecule has 0 aliphatic carbocycles. The summed E-state index contributed by atoms with van der Waals surface area (Å²) in [5.41, 5.74) is 6.11. The standard InChI is InChI=1S/C72H92N12O18/c1-8-72(45-100-42-57(85)39-82-36-54(73-76-82)33-79(27-48-9-15-60(88)66(21-48)94-2)28-49-10-16-61(89)67(22-49)95-3,46-101-43-58(86)40-83-37-55(74-77-83)34-80(29-50-11-17-62(90)68(23-50)96-4)30-51-12-18-63(91)69(24-51)97-5)47-102-44-59(87)41-84-38-56(75-78-84)35-81(31-52-13-19-64(92)70(25-52)98-6)32-53-14-20-65(93)71(26-53)99-7/h9-26,36-38,57-59,85-93H,8,27-35,39-47H2,1-7H3. The third-order valence-electron chi connectivity index (χ3n) is 16.9. The molecule has 0 saturated carbocycles. The van der Waals surface area contributed by atoms with E-state index in [9.17, 15) is 46.0 Å². The fourth-order valence-corrected chi connectivity index (χ4v) is 11.6. The number of hydrogen-bond donors (Lipinski definition) is 9. The molecule has 3 aromatic heterocycles. The van der Waals surface area contributed by atoms with Crippen LogP contribution in [0.2, 0.25) is 0 Å². The highest BCUT2D eigenvalue weighted by molar-refractivity contribution is 5.46. The first kappa shape index (κ1) is 76.2. The molecule has 9 rings (SSSR count). The SMILES string of the molecule is CCC(COCC(O)Cn1cc(CN(Cc2ccc(O)c(OC)c2)Cc2ccc(O)c(OC)c2)nn1)(COCC(O)Cn1cc(CN(Cc2ccc(O)c(OC)c2)Cc2ccc(O)c(OC)c2)nn1)COCC(O)Cn1cc(CN(Cc2ccc(O)c(OC)c2)Cc2ccc(O)c(OC)c2)nn1. The van der Waals surface area contributed by atoms with Crippen molar-refractivity contribution in [3.63, 3.8) is 0 Å². The van der Waals surface area contributed by atoms with E-state index in [0.29, 0.717) is 117 Å². The maximum Gasteiger partial charge on any atom is 0.160 e. The molecule has 3 unspecified atom stereocenters. The predicted molar refractivity (Wildman–Crippen MR) is 370 cm³/mol. The van der Waals surface area contributed by atoms with Gasteiger partial charge in [-0.05, 0) is 113 Å². The number of aromatic hydroxyl groups is 6. The van der Waals surface area contributed by atoms with Crippen LogP contribution in [-0.4, -0.2) is 206 Å². The fourth-order valence-electron chi connectivity index (χ4n) is 11.6. The van der Waals surface area contributed by atoms with Crippen molar-refractivity contribution in [2.75, 3.05) is 82.3 Å². The third kappa shape index (κ3) is 22.2. The van der Waals surface area contributed by atoms with Gasteiger partial charge in [0.25, 0.3) is 0 Å². The predicted octanol–water partition coefficient (Wildman–Crippen LogP) is 6.28. The van der Waals surface area contributed by atoms with E-state index in [0.717, 1.165) is 33.4 Å². The molecule has 0 aliphatic rings. The van der Waals surface area contributed by atoms with Crippen LogP contribution in [0.25, 0.3) is 0 Å². The van der Waals surface area contributed by atoms with Crippen molar-refractivity contribution >= 4 is 0 Å². The van der Waals surface area contributed by atoms with Gasteiger partial charge in [-0.15, -0.1) is 15.3 Å². The number of ether oxygens (including phenoxy) is 9. The highest BCUT2D eigenvalue weighted by Crippen LogP contribution is 2.34. The molecule has 9 aromatic rings. The molecule has 0 saturated heterocycles. The van der Waals surface area contributed by atoms with Crippen LogP contribution in [-0.2, 0) is 92.7 Å². The van der Waals surface area contributed by atoms with Crippen LogP contribution in [0.4, 0.5) is 0 Å². The summed E-state index contributed by atoms with van der Waals surface area (Å²) in [5, 5.41) is 122. The number of benzene rings is 6. The molecule has 3 heterocycles. The number of methoxy groups -OCH3 is 6. The van der Waals surface area contributed by atoms with E-state index in [1.165, 1.54) is 56.7 Å². The van der Waals surface area contributed by atoms with Gasteiger partial charge < -0.3 is 88.6 Å².